The molecule has 2 saturated carbocycles. The van der Waals surface area contributed by atoms with Crippen molar-refractivity contribution in [3.05, 3.63) is 17.8 Å². The smallest absolute Gasteiger partial charge is 0.140 e. The molecule has 2 aromatic rings. The van der Waals surface area contributed by atoms with Crippen molar-refractivity contribution >= 4 is 27.4 Å². The van der Waals surface area contributed by atoms with E-state index in [9.17, 15) is 0 Å². The SMILES string of the molecule is c1nc(N(CC2CC2)CC2CC2)c2ccsc2n1. The van der Waals surface area contributed by atoms with Crippen LogP contribution in [0.3, 0.4) is 0 Å². The Balaban J connectivity index is 1.68. The molecule has 0 bridgehead atoms. The average Bonchev–Trinajstić information content (AvgIpc) is 3.30. The topological polar surface area (TPSA) is 29.0 Å². The van der Waals surface area contributed by atoms with Gasteiger partial charge in [0.2, 0.25) is 0 Å². The van der Waals surface area contributed by atoms with E-state index in [2.05, 4.69) is 26.3 Å². The fraction of sp³-hybridized carbons (Fsp3) is 0.571. The molecule has 0 amide bonds. The molecule has 2 aliphatic rings. The molecule has 0 saturated heterocycles. The summed E-state index contributed by atoms with van der Waals surface area (Å²) in [6.07, 6.45) is 7.33. The van der Waals surface area contributed by atoms with E-state index in [0.717, 1.165) is 16.7 Å². The third-order valence-electron chi connectivity index (χ3n) is 3.89. The summed E-state index contributed by atoms with van der Waals surface area (Å²) in [5, 5.41) is 3.36. The number of thiophene rings is 1. The molecule has 0 aliphatic heterocycles. The van der Waals surface area contributed by atoms with Gasteiger partial charge in [-0.25, -0.2) is 9.97 Å². The maximum Gasteiger partial charge on any atom is 0.140 e. The van der Waals surface area contributed by atoms with Crippen LogP contribution >= 0.6 is 11.3 Å². The van der Waals surface area contributed by atoms with Gasteiger partial charge in [-0.15, -0.1) is 11.3 Å². The number of aromatic nitrogens is 2. The Morgan fingerprint density at radius 2 is 1.83 bits per heavy atom. The Morgan fingerprint density at radius 1 is 1.11 bits per heavy atom. The number of anilines is 1. The second-order valence-electron chi connectivity index (χ2n) is 5.63. The summed E-state index contributed by atoms with van der Waals surface area (Å²) in [4.78, 5) is 12.6. The van der Waals surface area contributed by atoms with Gasteiger partial charge in [0.1, 0.15) is 17.0 Å². The van der Waals surface area contributed by atoms with Crippen molar-refractivity contribution in [2.75, 3.05) is 18.0 Å². The summed E-state index contributed by atoms with van der Waals surface area (Å²) in [5.41, 5.74) is 0. The van der Waals surface area contributed by atoms with Crippen molar-refractivity contribution in [1.29, 1.82) is 0 Å². The molecule has 0 atom stereocenters. The van der Waals surface area contributed by atoms with Crippen LogP contribution in [0.5, 0.6) is 0 Å². The second kappa shape index (κ2) is 4.19. The summed E-state index contributed by atoms with van der Waals surface area (Å²) in [6.45, 7) is 2.39. The normalized spacial score (nSPS) is 19.3. The fourth-order valence-electron chi connectivity index (χ4n) is 2.50. The Labute approximate surface area is 111 Å². The van der Waals surface area contributed by atoms with Crippen molar-refractivity contribution < 1.29 is 0 Å². The summed E-state index contributed by atoms with van der Waals surface area (Å²) in [5.74, 6) is 2.99. The van der Waals surface area contributed by atoms with Gasteiger partial charge in [-0.2, -0.15) is 0 Å². The quantitative estimate of drug-likeness (QED) is 0.825. The zero-order valence-corrected chi connectivity index (χ0v) is 11.2. The van der Waals surface area contributed by atoms with Crippen LogP contribution in [0.2, 0.25) is 0 Å². The van der Waals surface area contributed by atoms with Gasteiger partial charge in [0.25, 0.3) is 0 Å². The van der Waals surface area contributed by atoms with Gasteiger partial charge in [-0.3, -0.25) is 0 Å². The van der Waals surface area contributed by atoms with E-state index in [1.165, 1.54) is 50.0 Å². The lowest BCUT2D eigenvalue weighted by molar-refractivity contribution is 0.673. The third kappa shape index (κ3) is 2.09. The van der Waals surface area contributed by atoms with E-state index in [0.29, 0.717) is 0 Å². The summed E-state index contributed by atoms with van der Waals surface area (Å²) in [7, 11) is 0. The molecule has 0 N–H and O–H groups in total. The third-order valence-corrected chi connectivity index (χ3v) is 4.71. The highest BCUT2D eigenvalue weighted by molar-refractivity contribution is 7.16. The van der Waals surface area contributed by atoms with Crippen LogP contribution in [0, 0.1) is 11.8 Å². The van der Waals surface area contributed by atoms with Crippen LogP contribution in [-0.2, 0) is 0 Å². The van der Waals surface area contributed by atoms with Gasteiger partial charge < -0.3 is 4.90 Å². The molecule has 3 nitrogen and oxygen atoms in total. The molecule has 94 valence electrons. The molecule has 4 heteroatoms. The minimum Gasteiger partial charge on any atom is -0.355 e. The van der Waals surface area contributed by atoms with E-state index in [1.807, 2.05) is 0 Å². The summed E-state index contributed by atoms with van der Waals surface area (Å²) < 4.78 is 0. The molecule has 2 aromatic heterocycles. The van der Waals surface area contributed by atoms with Gasteiger partial charge in [-0.05, 0) is 49.0 Å². The first kappa shape index (κ1) is 10.7. The van der Waals surface area contributed by atoms with Gasteiger partial charge in [0, 0.05) is 13.1 Å². The highest BCUT2D eigenvalue weighted by atomic mass is 32.1. The van der Waals surface area contributed by atoms with Crippen LogP contribution in [-0.4, -0.2) is 23.1 Å². The first-order valence-corrected chi connectivity index (χ1v) is 7.71. The van der Waals surface area contributed by atoms with Crippen molar-refractivity contribution in [2.24, 2.45) is 11.8 Å². The van der Waals surface area contributed by atoms with Crippen molar-refractivity contribution in [3.63, 3.8) is 0 Å². The molecular formula is C14H17N3S. The van der Waals surface area contributed by atoms with Gasteiger partial charge in [0.05, 0.1) is 5.39 Å². The molecule has 0 spiro atoms. The lowest BCUT2D eigenvalue weighted by Gasteiger charge is -2.24. The van der Waals surface area contributed by atoms with E-state index >= 15 is 0 Å². The highest BCUT2D eigenvalue weighted by Crippen LogP contribution is 2.37. The molecule has 0 unspecified atom stereocenters. The van der Waals surface area contributed by atoms with Crippen LogP contribution in [0.25, 0.3) is 10.2 Å². The largest absolute Gasteiger partial charge is 0.355 e. The van der Waals surface area contributed by atoms with Crippen LogP contribution in [0.4, 0.5) is 5.82 Å². The molecule has 0 radical (unpaired) electrons. The standard InChI is InChI=1S/C14H17N3S/c1-2-10(1)7-17(8-11-3-4-11)13-12-5-6-18-14(12)16-9-15-13/h5-6,9-11H,1-4,7-8H2. The lowest BCUT2D eigenvalue weighted by Crippen LogP contribution is -2.29. The predicted molar refractivity (Wildman–Crippen MR) is 75.1 cm³/mol. The maximum absolute atomic E-state index is 4.56. The first-order chi connectivity index (χ1) is 8.90. The fourth-order valence-corrected chi connectivity index (χ4v) is 3.23. The molecule has 0 aromatic carbocycles. The van der Waals surface area contributed by atoms with Crippen molar-refractivity contribution in [3.8, 4) is 0 Å². The van der Waals surface area contributed by atoms with Crippen molar-refractivity contribution in [2.45, 2.75) is 25.7 Å². The monoisotopic (exact) mass is 259 g/mol. The van der Waals surface area contributed by atoms with Crippen molar-refractivity contribution in [1.82, 2.24) is 9.97 Å². The molecule has 4 rings (SSSR count). The van der Waals surface area contributed by atoms with E-state index in [-0.39, 0.29) is 0 Å². The molecule has 2 aliphatic carbocycles. The Hall–Kier alpha value is -1.16. The molecule has 18 heavy (non-hydrogen) atoms. The predicted octanol–water partition coefficient (Wildman–Crippen LogP) is 3.32. The maximum atomic E-state index is 4.56. The number of rotatable bonds is 5. The molecule has 2 fully saturated rings. The van der Waals surface area contributed by atoms with E-state index < -0.39 is 0 Å². The van der Waals surface area contributed by atoms with Gasteiger partial charge in [-0.1, -0.05) is 0 Å². The Morgan fingerprint density at radius 3 is 2.50 bits per heavy atom. The Kier molecular flexibility index (Phi) is 2.50. The lowest BCUT2D eigenvalue weighted by atomic mass is 10.2. The highest BCUT2D eigenvalue weighted by Gasteiger charge is 2.30. The van der Waals surface area contributed by atoms with E-state index in [1.54, 1.807) is 17.7 Å². The molecular weight excluding hydrogens is 242 g/mol. The van der Waals surface area contributed by atoms with E-state index in [4.69, 9.17) is 0 Å². The van der Waals surface area contributed by atoms with Gasteiger partial charge in [0.15, 0.2) is 0 Å². The number of nitrogens with zero attached hydrogens (tertiary/aromatic N) is 3. The zero-order chi connectivity index (χ0) is 11.9. The van der Waals surface area contributed by atoms with Crippen LogP contribution < -0.4 is 4.90 Å². The minimum absolute atomic E-state index is 0.910. The number of hydrogen-bond acceptors (Lipinski definition) is 4. The zero-order valence-electron chi connectivity index (χ0n) is 10.4. The first-order valence-electron chi connectivity index (χ1n) is 6.83. The molecule has 2 heterocycles. The summed E-state index contributed by atoms with van der Waals surface area (Å²) in [6, 6.07) is 2.17. The minimum atomic E-state index is 0.910. The number of fused-ring (bicyclic) bond motifs is 1. The number of hydrogen-bond donors (Lipinski definition) is 0. The second-order valence-corrected chi connectivity index (χ2v) is 6.52. The van der Waals surface area contributed by atoms with Gasteiger partial charge >= 0.3 is 0 Å². The summed E-state index contributed by atoms with van der Waals surface area (Å²) >= 11 is 1.71. The van der Waals surface area contributed by atoms with Crippen LogP contribution in [0.1, 0.15) is 25.7 Å². The van der Waals surface area contributed by atoms with Crippen LogP contribution in [0.15, 0.2) is 17.8 Å². The average molecular weight is 259 g/mol. The Bertz CT molecular complexity index is 543.